The molecule has 5 heteroatoms. The van der Waals surface area contributed by atoms with E-state index in [9.17, 15) is 14.4 Å². The fourth-order valence-corrected chi connectivity index (χ4v) is 3.61. The van der Waals surface area contributed by atoms with Gasteiger partial charge in [0.2, 0.25) is 11.8 Å². The average molecular weight is 308 g/mol. The Morgan fingerprint density at radius 3 is 2.74 bits per heavy atom. The minimum absolute atomic E-state index is 0.159. The summed E-state index contributed by atoms with van der Waals surface area (Å²) in [5.74, 6) is -0.828. The Kier molecular flexibility index (Phi) is 2.98. The van der Waals surface area contributed by atoms with Crippen LogP contribution in [0.5, 0.6) is 0 Å². The number of carbonyl (C=O) groups excluding carboxylic acids is 3. The molecule has 2 aromatic rings. The molecule has 23 heavy (non-hydrogen) atoms. The molecule has 1 N–H and O–H groups in total. The lowest BCUT2D eigenvalue weighted by Gasteiger charge is -2.30. The molecule has 4 rings (SSSR count). The van der Waals surface area contributed by atoms with Crippen LogP contribution in [0.2, 0.25) is 0 Å². The van der Waals surface area contributed by atoms with Crippen LogP contribution in [0.3, 0.4) is 0 Å². The molecule has 5 nitrogen and oxygen atoms in total. The predicted octanol–water partition coefficient (Wildman–Crippen LogP) is 2.17. The van der Waals surface area contributed by atoms with Crippen molar-refractivity contribution in [1.82, 2.24) is 5.32 Å². The maximum atomic E-state index is 12.9. The molecule has 2 aliphatic rings. The Morgan fingerprint density at radius 2 is 2.00 bits per heavy atom. The number of nitrogens with zero attached hydrogens (tertiary/aromatic N) is 1. The van der Waals surface area contributed by atoms with E-state index in [-0.39, 0.29) is 18.2 Å². The third kappa shape index (κ3) is 1.89. The van der Waals surface area contributed by atoms with Crippen LogP contribution in [0.15, 0.2) is 30.3 Å². The molecule has 2 aromatic carbocycles. The molecule has 1 atom stereocenters. The van der Waals surface area contributed by atoms with Crippen LogP contribution in [0.4, 0.5) is 5.69 Å². The van der Waals surface area contributed by atoms with Crippen molar-refractivity contribution in [2.75, 3.05) is 4.90 Å². The van der Waals surface area contributed by atoms with E-state index >= 15 is 0 Å². The third-order valence-corrected chi connectivity index (χ3v) is 4.72. The maximum absolute atomic E-state index is 12.9. The van der Waals surface area contributed by atoms with Gasteiger partial charge in [-0.2, -0.15) is 0 Å². The molecular formula is C18H16N2O3. The topological polar surface area (TPSA) is 66.5 Å². The molecule has 3 amide bonds. The molecule has 0 aliphatic carbocycles. The number of amides is 3. The molecule has 0 radical (unpaired) electrons. The smallest absolute Gasteiger partial charge is 0.259 e. The minimum atomic E-state index is -0.622. The van der Waals surface area contributed by atoms with Crippen molar-refractivity contribution in [3.63, 3.8) is 0 Å². The molecule has 1 fully saturated rings. The van der Waals surface area contributed by atoms with Crippen LogP contribution in [0.1, 0.15) is 35.7 Å². The van der Waals surface area contributed by atoms with E-state index in [4.69, 9.17) is 0 Å². The van der Waals surface area contributed by atoms with Crippen molar-refractivity contribution >= 4 is 34.2 Å². The van der Waals surface area contributed by atoms with E-state index in [0.29, 0.717) is 12.0 Å². The van der Waals surface area contributed by atoms with Crippen LogP contribution in [0.25, 0.3) is 10.8 Å². The van der Waals surface area contributed by atoms with E-state index < -0.39 is 11.9 Å². The summed E-state index contributed by atoms with van der Waals surface area (Å²) in [6.07, 6.45) is 1.50. The summed E-state index contributed by atoms with van der Waals surface area (Å²) in [5.41, 5.74) is 2.59. The Balaban J connectivity index is 1.88. The van der Waals surface area contributed by atoms with Gasteiger partial charge in [-0.15, -0.1) is 0 Å². The number of hydrogen-bond donors (Lipinski definition) is 1. The van der Waals surface area contributed by atoms with Gasteiger partial charge < -0.3 is 0 Å². The first kappa shape index (κ1) is 13.9. The van der Waals surface area contributed by atoms with Crippen molar-refractivity contribution in [3.8, 4) is 0 Å². The molecule has 0 bridgehead atoms. The number of rotatable bonds is 2. The standard InChI is InChI=1S/C18H16N2O3/c1-2-10-6-7-13-16-11(10)4-3-5-12(16)18(23)20(13)14-8-9-15(21)19-17(14)22/h3-7,14H,2,8-9H2,1H3,(H,19,21,22). The van der Waals surface area contributed by atoms with E-state index in [2.05, 4.69) is 12.2 Å². The summed E-state index contributed by atoms with van der Waals surface area (Å²) in [4.78, 5) is 38.0. The SMILES string of the molecule is CCc1ccc2c3c(cccc13)C(=O)N2C1CCC(=O)NC1=O. The highest BCUT2D eigenvalue weighted by molar-refractivity contribution is 6.27. The van der Waals surface area contributed by atoms with Gasteiger partial charge in [-0.1, -0.05) is 25.1 Å². The lowest BCUT2D eigenvalue weighted by molar-refractivity contribution is -0.134. The number of carbonyl (C=O) groups is 3. The summed E-state index contributed by atoms with van der Waals surface area (Å²) >= 11 is 0. The number of aryl methyl sites for hydroxylation is 1. The molecular weight excluding hydrogens is 292 g/mol. The number of piperidine rings is 1. The Morgan fingerprint density at radius 1 is 1.17 bits per heavy atom. The van der Waals surface area contributed by atoms with Gasteiger partial charge in [0.15, 0.2) is 0 Å². The number of hydrogen-bond acceptors (Lipinski definition) is 3. The van der Waals surface area contributed by atoms with E-state index in [1.807, 2.05) is 24.3 Å². The largest absolute Gasteiger partial charge is 0.295 e. The molecule has 1 saturated heterocycles. The second-order valence-electron chi connectivity index (χ2n) is 5.97. The van der Waals surface area contributed by atoms with Crippen LogP contribution in [-0.4, -0.2) is 23.8 Å². The Bertz CT molecular complexity index is 872. The van der Waals surface area contributed by atoms with Gasteiger partial charge >= 0.3 is 0 Å². The fraction of sp³-hybridized carbons (Fsp3) is 0.278. The maximum Gasteiger partial charge on any atom is 0.259 e. The highest BCUT2D eigenvalue weighted by Gasteiger charge is 2.40. The lowest BCUT2D eigenvalue weighted by atomic mass is 9.99. The molecule has 0 aromatic heterocycles. The van der Waals surface area contributed by atoms with Crippen molar-refractivity contribution in [2.24, 2.45) is 0 Å². The monoisotopic (exact) mass is 308 g/mol. The minimum Gasteiger partial charge on any atom is -0.295 e. The van der Waals surface area contributed by atoms with Crippen molar-refractivity contribution in [2.45, 2.75) is 32.2 Å². The van der Waals surface area contributed by atoms with Crippen molar-refractivity contribution in [1.29, 1.82) is 0 Å². The highest BCUT2D eigenvalue weighted by atomic mass is 16.2. The van der Waals surface area contributed by atoms with Gasteiger partial charge in [0.25, 0.3) is 5.91 Å². The van der Waals surface area contributed by atoms with Gasteiger partial charge in [-0.25, -0.2) is 0 Å². The predicted molar refractivity (Wildman–Crippen MR) is 86.3 cm³/mol. The molecule has 2 heterocycles. The first-order chi connectivity index (χ1) is 11.1. The fourth-order valence-electron chi connectivity index (χ4n) is 3.61. The molecule has 116 valence electrons. The number of anilines is 1. The summed E-state index contributed by atoms with van der Waals surface area (Å²) in [6.45, 7) is 2.08. The highest BCUT2D eigenvalue weighted by Crippen LogP contribution is 2.40. The van der Waals surface area contributed by atoms with Gasteiger partial charge in [0.1, 0.15) is 6.04 Å². The van der Waals surface area contributed by atoms with Gasteiger partial charge in [0.05, 0.1) is 5.69 Å². The first-order valence-corrected chi connectivity index (χ1v) is 7.83. The lowest BCUT2D eigenvalue weighted by Crippen LogP contribution is -2.53. The zero-order valence-corrected chi connectivity index (χ0v) is 12.8. The van der Waals surface area contributed by atoms with Gasteiger partial charge in [-0.3, -0.25) is 24.6 Å². The van der Waals surface area contributed by atoms with E-state index in [1.165, 1.54) is 5.56 Å². The first-order valence-electron chi connectivity index (χ1n) is 7.83. The Labute approximate surface area is 133 Å². The van der Waals surface area contributed by atoms with Crippen molar-refractivity contribution in [3.05, 3.63) is 41.5 Å². The average Bonchev–Trinajstić information content (AvgIpc) is 2.83. The third-order valence-electron chi connectivity index (χ3n) is 4.72. The van der Waals surface area contributed by atoms with Gasteiger partial charge in [0, 0.05) is 17.4 Å². The number of nitrogens with one attached hydrogen (secondary N) is 1. The number of benzene rings is 2. The normalized spacial score (nSPS) is 20.3. The van der Waals surface area contributed by atoms with Gasteiger partial charge in [-0.05, 0) is 35.9 Å². The van der Waals surface area contributed by atoms with Crippen LogP contribution in [-0.2, 0) is 16.0 Å². The second kappa shape index (κ2) is 4.91. The quantitative estimate of drug-likeness (QED) is 0.865. The summed E-state index contributed by atoms with van der Waals surface area (Å²) in [6, 6.07) is 9.01. The summed E-state index contributed by atoms with van der Waals surface area (Å²) in [7, 11) is 0. The van der Waals surface area contributed by atoms with E-state index in [0.717, 1.165) is 22.9 Å². The molecule has 0 saturated carbocycles. The zero-order chi connectivity index (χ0) is 16.1. The van der Waals surface area contributed by atoms with Crippen LogP contribution < -0.4 is 10.2 Å². The Hall–Kier alpha value is -2.69. The molecule has 2 aliphatic heterocycles. The molecule has 0 spiro atoms. The van der Waals surface area contributed by atoms with Crippen LogP contribution >= 0.6 is 0 Å². The second-order valence-corrected chi connectivity index (χ2v) is 5.97. The number of imide groups is 1. The van der Waals surface area contributed by atoms with E-state index in [1.54, 1.807) is 11.0 Å². The molecule has 1 unspecified atom stereocenters. The summed E-state index contributed by atoms with van der Waals surface area (Å²) < 4.78 is 0. The summed E-state index contributed by atoms with van der Waals surface area (Å²) in [5, 5.41) is 4.32. The van der Waals surface area contributed by atoms with Crippen molar-refractivity contribution < 1.29 is 14.4 Å². The zero-order valence-electron chi connectivity index (χ0n) is 12.8. The van der Waals surface area contributed by atoms with Crippen LogP contribution in [0, 0.1) is 0 Å².